The zero-order chi connectivity index (χ0) is 89.7. The molecule has 676 valence electrons. The Morgan fingerprint density at radius 3 is 0.674 bits per heavy atom. The van der Waals surface area contributed by atoms with Gasteiger partial charge in [-0.1, -0.05) is 289 Å². The van der Waals surface area contributed by atoms with Crippen LogP contribution < -0.4 is 18.9 Å². The summed E-state index contributed by atoms with van der Waals surface area (Å²) in [5.74, 6) is 19.2. The zero-order valence-electron chi connectivity index (χ0n) is 81.2. The quantitative estimate of drug-likeness (QED) is 0.0216. The SMILES string of the molecule is CCCCCCCCCCCCOc1ccc(C#Cc2ccc(C3N(C)CC45c6c7c8c9c%10c%11c(c%12c%13c4c4c6c6c%14c7c7c8c8c%10c%10c%15c%11c%11c%12c%12c%13c%13c4c4c6c6c%14c%14c7c7c8c%10c8c%10c%15c%11c%11c%12c%12c%13c4c4c6c6c%14c7c8c7c%10c%11c%12c4c67)C935)cc2C#Cc2ccc(OCCCCCCCCCCCC)c(OCCCCCCCCCCCC)c2)cc1OCCCCCCCCCCCC. The van der Waals surface area contributed by atoms with Crippen molar-refractivity contribution < 1.29 is 18.9 Å². The van der Waals surface area contributed by atoms with E-state index in [2.05, 4.69) is 118 Å². The van der Waals surface area contributed by atoms with E-state index in [4.69, 9.17) is 18.9 Å². The average molecular weight is 1790 g/mol. The van der Waals surface area contributed by atoms with Crippen LogP contribution in [0.3, 0.4) is 0 Å². The van der Waals surface area contributed by atoms with Gasteiger partial charge in [-0.05, 0) is 400 Å². The number of likely N-dealkylation sites (tertiary alicyclic amines) is 1. The topological polar surface area (TPSA) is 40.2 Å². The van der Waals surface area contributed by atoms with E-state index >= 15 is 0 Å². The lowest BCUT2D eigenvalue weighted by Crippen LogP contribution is -2.51. The molecular formula is C133H115NO4. The fourth-order valence-electron chi connectivity index (χ4n) is 35.5. The molecule has 36 rings (SSSR count). The Kier molecular flexibility index (Phi) is 15.0. The van der Waals surface area contributed by atoms with E-state index in [1.54, 1.807) is 313 Å². The second-order valence-corrected chi connectivity index (χ2v) is 46.5. The smallest absolute Gasteiger partial charge is 0.162 e. The van der Waals surface area contributed by atoms with E-state index in [0.29, 0.717) is 26.4 Å². The van der Waals surface area contributed by atoms with Crippen LogP contribution in [0.1, 0.15) is 341 Å². The number of benzene rings is 21. The minimum atomic E-state index is -0.545. The van der Waals surface area contributed by atoms with Gasteiger partial charge in [-0.25, -0.2) is 0 Å². The number of hydrogen-bond acceptors (Lipinski definition) is 5. The molecule has 1 atom stereocenters. The van der Waals surface area contributed by atoms with Crippen molar-refractivity contribution in [3.05, 3.63) is 105 Å². The molecule has 0 amide bonds. The molecule has 1 heterocycles. The lowest BCUT2D eigenvalue weighted by molar-refractivity contribution is 0.258. The van der Waals surface area contributed by atoms with Crippen molar-refractivity contribution in [2.75, 3.05) is 40.0 Å². The summed E-state index contributed by atoms with van der Waals surface area (Å²) in [6.07, 6.45) is 51.6. The Morgan fingerprint density at radius 2 is 0.428 bits per heavy atom. The molecule has 0 saturated carbocycles. The second-order valence-electron chi connectivity index (χ2n) is 46.5. The molecule has 1 saturated heterocycles. The normalized spacial score (nSPS) is 17.7. The summed E-state index contributed by atoms with van der Waals surface area (Å²) >= 11 is 0. The van der Waals surface area contributed by atoms with Gasteiger partial charge in [0.2, 0.25) is 0 Å². The van der Waals surface area contributed by atoms with E-state index in [0.717, 1.165) is 77.5 Å². The van der Waals surface area contributed by atoms with Crippen molar-refractivity contribution in [3.8, 4) is 46.7 Å². The van der Waals surface area contributed by atoms with Gasteiger partial charge in [0.25, 0.3) is 0 Å². The third-order valence-corrected chi connectivity index (χ3v) is 39.9. The molecule has 1 unspecified atom stereocenters. The lowest BCUT2D eigenvalue weighted by atomic mass is 9.47. The fraction of sp³-hybridized carbons (Fsp3) is 0.398. The van der Waals surface area contributed by atoms with E-state index in [-0.39, 0.29) is 6.04 Å². The van der Waals surface area contributed by atoms with Crippen LogP contribution in [0.2, 0.25) is 0 Å². The van der Waals surface area contributed by atoms with E-state index in [1.807, 2.05) is 0 Å². The number of unbranched alkanes of at least 4 members (excludes halogenated alkanes) is 36. The van der Waals surface area contributed by atoms with Crippen molar-refractivity contribution in [2.24, 2.45) is 0 Å². The maximum atomic E-state index is 7.01. The highest BCUT2D eigenvalue weighted by Crippen LogP contribution is 2.87. The Bertz CT molecular complexity index is 9680. The van der Waals surface area contributed by atoms with E-state index in [9.17, 15) is 0 Å². The molecule has 5 heteroatoms. The van der Waals surface area contributed by atoms with Gasteiger partial charge in [0.1, 0.15) is 0 Å². The van der Waals surface area contributed by atoms with Crippen molar-refractivity contribution in [2.45, 2.75) is 301 Å². The Morgan fingerprint density at radius 1 is 0.217 bits per heavy atom. The molecular weight excluding hydrogens is 1680 g/mol. The molecule has 31 aromatic carbocycles. The van der Waals surface area contributed by atoms with Crippen molar-refractivity contribution in [1.29, 1.82) is 0 Å². The largest absolute Gasteiger partial charge is 0.490 e. The summed E-state index contributed by atoms with van der Waals surface area (Å²) in [5, 5.41) is 88.4. The van der Waals surface area contributed by atoms with Crippen LogP contribution in [0, 0.1) is 23.7 Å². The standard InChI is InChI=1S/C133H115NO4/c1-6-10-14-18-22-26-30-34-38-42-56-135-69-54-48-64(60-71(69)137-58-44-40-36-32-28-24-20-16-12-8-3)46-50-66-52-53-68(62-67(66)51-47-65-49-55-70(136-57-43-39-35-31-27-23-19-15-11-7-2)72(61-65)138-59-45-41-37-33-29-25-21-17-13-9-4)131-133-129-123-117-107-95-87-79-75-73-74-77-81(79)89(95)99-93-85(77)86-78(74)82-80-76(73)84-83(75)91-97(87)105-111-101(91)102-92(84)98-88(80)96-90(82)100-94(86)104-103(93)115(109(99)117)125(129)126-116(104)110(100)118-108(96)114-106(98)112(102)120-119(111)127(121(123)113(105)107)132(133,63-134(131)5)128(120)122(114)124(118)130(126)133/h48-49,52-55,60-62,131H,6-45,56-59,63H2,1-5H3. The van der Waals surface area contributed by atoms with Gasteiger partial charge >= 0.3 is 0 Å². The van der Waals surface area contributed by atoms with E-state index in [1.165, 1.54) is 237 Å². The van der Waals surface area contributed by atoms with E-state index < -0.39 is 10.8 Å². The van der Waals surface area contributed by atoms with Gasteiger partial charge in [0, 0.05) is 34.8 Å². The maximum Gasteiger partial charge on any atom is 0.162 e. The molecule has 5 aliphatic rings. The molecule has 4 aliphatic carbocycles. The predicted molar refractivity (Wildman–Crippen MR) is 590 cm³/mol. The zero-order valence-corrected chi connectivity index (χ0v) is 81.2. The highest BCUT2D eigenvalue weighted by atomic mass is 16.5. The van der Waals surface area contributed by atoms with Gasteiger partial charge < -0.3 is 18.9 Å². The van der Waals surface area contributed by atoms with Gasteiger partial charge in [0.15, 0.2) is 23.0 Å². The Labute approximate surface area is 801 Å². The minimum Gasteiger partial charge on any atom is -0.490 e. The average Bonchev–Trinajstić information content (AvgIpc) is 1.38. The van der Waals surface area contributed by atoms with Crippen LogP contribution >= 0.6 is 0 Å². The molecule has 0 bridgehead atoms. The number of likely N-dealkylation sites (N-methyl/N-ethyl adjacent to an activating group) is 1. The van der Waals surface area contributed by atoms with Crippen molar-refractivity contribution in [3.63, 3.8) is 0 Å². The van der Waals surface area contributed by atoms with Crippen molar-refractivity contribution in [1.82, 2.24) is 4.90 Å². The predicted octanol–water partition coefficient (Wildman–Crippen LogP) is 38.0. The third-order valence-electron chi connectivity index (χ3n) is 39.9. The molecule has 1 aliphatic heterocycles. The van der Waals surface area contributed by atoms with Gasteiger partial charge in [-0.3, -0.25) is 4.90 Å². The number of nitrogens with zero attached hydrogens (tertiary/aromatic N) is 1. The first kappa shape index (κ1) is 77.3. The van der Waals surface area contributed by atoms with Crippen molar-refractivity contribution >= 4 is 291 Å². The summed E-state index contributed by atoms with van der Waals surface area (Å²) in [6.45, 7) is 12.9. The van der Waals surface area contributed by atoms with Crippen LogP contribution in [0.5, 0.6) is 23.0 Å². The highest BCUT2D eigenvalue weighted by Gasteiger charge is 2.76. The van der Waals surface area contributed by atoms with Crippen LogP contribution in [0.15, 0.2) is 54.6 Å². The summed E-state index contributed by atoms with van der Waals surface area (Å²) < 4.78 is 27.6. The first-order valence-electron chi connectivity index (χ1n) is 56.0. The first-order valence-corrected chi connectivity index (χ1v) is 56.0. The van der Waals surface area contributed by atoms with Crippen LogP contribution in [0.4, 0.5) is 0 Å². The summed E-state index contributed by atoms with van der Waals surface area (Å²) in [7, 11) is 2.60. The summed E-state index contributed by atoms with van der Waals surface area (Å²) in [5.41, 5.74) is 11.0. The molecule has 0 N–H and O–H groups in total. The number of rotatable bonds is 49. The molecule has 5 nitrogen and oxygen atoms in total. The highest BCUT2D eigenvalue weighted by molar-refractivity contribution is 6.82. The maximum absolute atomic E-state index is 7.01. The van der Waals surface area contributed by atoms with Crippen LogP contribution in [0.25, 0.3) is 291 Å². The third kappa shape index (κ3) is 8.17. The van der Waals surface area contributed by atoms with Gasteiger partial charge in [-0.15, -0.1) is 0 Å². The van der Waals surface area contributed by atoms with Crippen LogP contribution in [-0.2, 0) is 10.8 Å². The summed E-state index contributed by atoms with van der Waals surface area (Å²) in [4.78, 5) is 2.98. The number of hydrogen-bond donors (Lipinski definition) is 0. The molecule has 138 heavy (non-hydrogen) atoms. The first-order chi connectivity index (χ1) is 68.5. The summed E-state index contributed by atoms with van der Waals surface area (Å²) in [6, 6.07) is 20.7. The monoisotopic (exact) mass is 1790 g/mol. The Balaban J connectivity index is 0.558. The molecule has 31 aromatic rings. The Hall–Kier alpha value is -11.6. The number of ether oxygens (including phenoxy) is 4. The van der Waals surface area contributed by atoms with Gasteiger partial charge in [0.05, 0.1) is 37.3 Å². The molecule has 1 fully saturated rings. The molecule has 0 aromatic heterocycles. The fourth-order valence-corrected chi connectivity index (χ4v) is 35.5. The van der Waals surface area contributed by atoms with Crippen LogP contribution in [-0.4, -0.2) is 44.9 Å². The lowest BCUT2D eigenvalue weighted by Gasteiger charge is -2.52. The molecule has 2 spiro atoms. The van der Waals surface area contributed by atoms with Gasteiger partial charge in [-0.2, -0.15) is 0 Å². The minimum absolute atomic E-state index is 0.0864. The second kappa shape index (κ2) is 26.7. The molecule has 0 radical (unpaired) electrons.